The fraction of sp³-hybridized carbons (Fsp3) is 0.526. The monoisotopic (exact) mass is 429 g/mol. The number of nitrogens with one attached hydrogen (secondary N) is 1. The van der Waals surface area contributed by atoms with E-state index in [2.05, 4.69) is 33.3 Å². The number of esters is 1. The van der Waals surface area contributed by atoms with Gasteiger partial charge in [0.25, 0.3) is 0 Å². The van der Waals surface area contributed by atoms with Crippen LogP contribution in [0.3, 0.4) is 0 Å². The van der Waals surface area contributed by atoms with E-state index in [0.29, 0.717) is 18.6 Å². The second-order valence-electron chi connectivity index (χ2n) is 6.85. The summed E-state index contributed by atoms with van der Waals surface area (Å²) >= 11 is 3.55. The smallest absolute Gasteiger partial charge is 0.333 e. The highest BCUT2D eigenvalue weighted by Crippen LogP contribution is 2.21. The Labute approximate surface area is 162 Å². The minimum atomic E-state index is -1.22. The van der Waals surface area contributed by atoms with Gasteiger partial charge in [0, 0.05) is 16.1 Å². The lowest BCUT2D eigenvalue weighted by molar-refractivity contribution is -0.138. The summed E-state index contributed by atoms with van der Waals surface area (Å²) in [5.41, 5.74) is 1.58. The average Bonchev–Trinajstić information content (AvgIpc) is 2.53. The highest BCUT2D eigenvalue weighted by molar-refractivity contribution is 9.10. The van der Waals surface area contributed by atoms with Crippen LogP contribution in [0.2, 0.25) is 0 Å². The normalized spacial score (nSPS) is 14.0. The van der Waals surface area contributed by atoms with E-state index in [0.717, 1.165) is 17.3 Å². The molecule has 1 rings (SSSR count). The van der Waals surface area contributed by atoms with Crippen molar-refractivity contribution in [3.63, 3.8) is 0 Å². The van der Waals surface area contributed by atoms with Crippen LogP contribution in [0.25, 0.3) is 0 Å². The average molecular weight is 430 g/mol. The molecule has 0 aliphatic heterocycles. The molecule has 0 heterocycles. The van der Waals surface area contributed by atoms with Crippen LogP contribution in [-0.2, 0) is 26.9 Å². The van der Waals surface area contributed by atoms with Gasteiger partial charge in [0.1, 0.15) is 0 Å². The topological polar surface area (TPSA) is 55.4 Å². The fourth-order valence-corrected chi connectivity index (χ4v) is 3.52. The number of benzene rings is 1. The number of hydrogen-bond acceptors (Lipinski definition) is 3. The third-order valence-electron chi connectivity index (χ3n) is 3.61. The Hall–Kier alpha value is -0.980. The van der Waals surface area contributed by atoms with E-state index in [-0.39, 0.29) is 10.8 Å². The van der Waals surface area contributed by atoms with Gasteiger partial charge in [0.05, 0.1) is 22.3 Å². The SMILES string of the molecule is C=C(CC(CCc1ccccc1Br)NS(=O)C(C)(C)C)C(=O)OCC. The predicted octanol–water partition coefficient (Wildman–Crippen LogP) is 4.31. The van der Waals surface area contributed by atoms with E-state index in [1.807, 2.05) is 39.0 Å². The van der Waals surface area contributed by atoms with Crippen molar-refractivity contribution in [2.75, 3.05) is 6.61 Å². The minimum Gasteiger partial charge on any atom is -0.463 e. The molecule has 1 aromatic rings. The van der Waals surface area contributed by atoms with Crippen molar-refractivity contribution < 1.29 is 13.7 Å². The van der Waals surface area contributed by atoms with Crippen LogP contribution >= 0.6 is 15.9 Å². The molecule has 2 atom stereocenters. The minimum absolute atomic E-state index is 0.121. The molecule has 0 spiro atoms. The van der Waals surface area contributed by atoms with Crippen molar-refractivity contribution in [1.29, 1.82) is 0 Å². The van der Waals surface area contributed by atoms with E-state index in [1.165, 1.54) is 5.56 Å². The van der Waals surface area contributed by atoms with Crippen LogP contribution in [0.5, 0.6) is 0 Å². The molecule has 4 nitrogen and oxygen atoms in total. The van der Waals surface area contributed by atoms with Crippen LogP contribution in [0.4, 0.5) is 0 Å². The summed E-state index contributed by atoms with van der Waals surface area (Å²) in [6.07, 6.45) is 1.95. The second-order valence-corrected chi connectivity index (χ2v) is 9.71. The largest absolute Gasteiger partial charge is 0.463 e. The van der Waals surface area contributed by atoms with Crippen LogP contribution in [0, 0.1) is 0 Å². The van der Waals surface area contributed by atoms with Gasteiger partial charge in [0.2, 0.25) is 0 Å². The maximum Gasteiger partial charge on any atom is 0.333 e. The number of carbonyl (C=O) groups is 1. The molecular formula is C19H28BrNO3S. The molecular weight excluding hydrogens is 402 g/mol. The van der Waals surface area contributed by atoms with Crippen molar-refractivity contribution >= 4 is 32.9 Å². The number of carbonyl (C=O) groups excluding carboxylic acids is 1. The van der Waals surface area contributed by atoms with Crippen LogP contribution in [-0.4, -0.2) is 27.6 Å². The summed E-state index contributed by atoms with van der Waals surface area (Å²) in [6, 6.07) is 7.91. The number of ether oxygens (including phenoxy) is 1. The van der Waals surface area contributed by atoms with E-state index in [9.17, 15) is 9.00 Å². The van der Waals surface area contributed by atoms with Gasteiger partial charge in [-0.3, -0.25) is 0 Å². The summed E-state index contributed by atoms with van der Waals surface area (Å²) < 4.78 is 21.3. The standard InChI is InChI=1S/C19H28BrNO3S/c1-6-24-18(22)14(2)13-16(21-25(23)19(3,4)5)12-11-15-9-7-8-10-17(15)20/h7-10,16,21H,2,6,11-13H2,1,3-5H3. The molecule has 0 bridgehead atoms. The quantitative estimate of drug-likeness (QED) is 0.469. The molecule has 140 valence electrons. The summed E-state index contributed by atoms with van der Waals surface area (Å²) in [4.78, 5) is 11.9. The molecule has 0 amide bonds. The zero-order valence-corrected chi connectivity index (χ0v) is 17.8. The molecule has 1 N–H and O–H groups in total. The van der Waals surface area contributed by atoms with Gasteiger partial charge in [-0.25, -0.2) is 13.7 Å². The Bertz CT molecular complexity index is 625. The van der Waals surface area contributed by atoms with Crippen molar-refractivity contribution in [2.45, 2.75) is 57.7 Å². The third kappa shape index (κ3) is 7.84. The van der Waals surface area contributed by atoms with Crippen molar-refractivity contribution in [3.8, 4) is 0 Å². The molecule has 0 aliphatic rings. The van der Waals surface area contributed by atoms with Crippen LogP contribution in [0.15, 0.2) is 40.9 Å². The Balaban J connectivity index is 2.80. The lowest BCUT2D eigenvalue weighted by atomic mass is 10.0. The highest BCUT2D eigenvalue weighted by atomic mass is 79.9. The first-order chi connectivity index (χ1) is 11.6. The predicted molar refractivity (Wildman–Crippen MR) is 108 cm³/mol. The number of hydrogen-bond donors (Lipinski definition) is 1. The van der Waals surface area contributed by atoms with Crippen LogP contribution in [0.1, 0.15) is 46.1 Å². The fourth-order valence-electron chi connectivity index (χ4n) is 2.18. The zero-order valence-electron chi connectivity index (χ0n) is 15.4. The Morgan fingerprint density at radius 2 is 2.00 bits per heavy atom. The Morgan fingerprint density at radius 1 is 1.36 bits per heavy atom. The molecule has 2 unspecified atom stereocenters. The van der Waals surface area contributed by atoms with Gasteiger partial charge in [-0.05, 0) is 58.6 Å². The number of halogens is 1. The van der Waals surface area contributed by atoms with Crippen molar-refractivity contribution in [2.24, 2.45) is 0 Å². The first-order valence-electron chi connectivity index (χ1n) is 8.41. The van der Waals surface area contributed by atoms with E-state index >= 15 is 0 Å². The summed E-state index contributed by atoms with van der Waals surface area (Å²) in [5, 5.41) is 0. The summed E-state index contributed by atoms with van der Waals surface area (Å²) in [5.74, 6) is -0.392. The molecule has 0 aliphatic carbocycles. The molecule has 0 saturated heterocycles. The molecule has 0 radical (unpaired) electrons. The second kappa shape index (κ2) is 10.2. The maximum atomic E-state index is 12.5. The maximum absolute atomic E-state index is 12.5. The van der Waals surface area contributed by atoms with Crippen molar-refractivity contribution in [1.82, 2.24) is 4.72 Å². The van der Waals surface area contributed by atoms with E-state index in [1.54, 1.807) is 6.92 Å². The zero-order chi connectivity index (χ0) is 19.0. The molecule has 0 fully saturated rings. The molecule has 6 heteroatoms. The van der Waals surface area contributed by atoms with Gasteiger partial charge in [-0.2, -0.15) is 0 Å². The van der Waals surface area contributed by atoms with Crippen LogP contribution < -0.4 is 4.72 Å². The first kappa shape index (κ1) is 22.1. The summed E-state index contributed by atoms with van der Waals surface area (Å²) in [7, 11) is -1.22. The van der Waals surface area contributed by atoms with E-state index < -0.39 is 17.0 Å². The Morgan fingerprint density at radius 3 is 2.56 bits per heavy atom. The van der Waals surface area contributed by atoms with Gasteiger partial charge in [0.15, 0.2) is 0 Å². The third-order valence-corrected chi connectivity index (χ3v) is 6.04. The van der Waals surface area contributed by atoms with Gasteiger partial charge in [-0.15, -0.1) is 0 Å². The first-order valence-corrected chi connectivity index (χ1v) is 10.4. The Kier molecular flexibility index (Phi) is 9.03. The van der Waals surface area contributed by atoms with Gasteiger partial charge < -0.3 is 4.74 Å². The lowest BCUT2D eigenvalue weighted by Crippen LogP contribution is -2.40. The molecule has 0 aromatic heterocycles. The summed E-state index contributed by atoms with van der Waals surface area (Å²) in [6.45, 7) is 11.7. The van der Waals surface area contributed by atoms with Gasteiger partial charge >= 0.3 is 5.97 Å². The number of rotatable bonds is 9. The highest BCUT2D eigenvalue weighted by Gasteiger charge is 2.24. The lowest BCUT2D eigenvalue weighted by Gasteiger charge is -2.25. The van der Waals surface area contributed by atoms with E-state index in [4.69, 9.17) is 4.74 Å². The van der Waals surface area contributed by atoms with Gasteiger partial charge in [-0.1, -0.05) is 40.7 Å². The molecule has 25 heavy (non-hydrogen) atoms. The molecule has 0 saturated carbocycles. The number of aryl methyl sites for hydroxylation is 1. The van der Waals surface area contributed by atoms with Crippen molar-refractivity contribution in [3.05, 3.63) is 46.5 Å². The molecule has 1 aromatic carbocycles.